The van der Waals surface area contributed by atoms with Crippen LogP contribution < -0.4 is 4.90 Å². The summed E-state index contributed by atoms with van der Waals surface area (Å²) in [5.41, 5.74) is 0.419. The van der Waals surface area contributed by atoms with Crippen LogP contribution in [0.5, 0.6) is 0 Å². The highest BCUT2D eigenvalue weighted by atomic mass is 32.1. The molecule has 1 aromatic carbocycles. The van der Waals surface area contributed by atoms with E-state index in [-0.39, 0.29) is 23.9 Å². The number of morpholine rings is 1. The fourth-order valence-corrected chi connectivity index (χ4v) is 4.44. The van der Waals surface area contributed by atoms with Crippen LogP contribution in [0.1, 0.15) is 24.3 Å². The Labute approximate surface area is 156 Å². The maximum atomic E-state index is 13.2. The minimum Gasteiger partial charge on any atom is -0.363 e. The van der Waals surface area contributed by atoms with Gasteiger partial charge in [-0.15, -0.1) is 11.3 Å². The van der Waals surface area contributed by atoms with E-state index in [1.165, 1.54) is 12.1 Å². The largest absolute Gasteiger partial charge is 0.363 e. The molecule has 0 bridgehead atoms. The Morgan fingerprint density at radius 1 is 1.23 bits per heavy atom. The van der Waals surface area contributed by atoms with Crippen molar-refractivity contribution in [1.82, 2.24) is 9.88 Å². The van der Waals surface area contributed by atoms with Gasteiger partial charge in [0.05, 0.1) is 18.7 Å². The highest BCUT2D eigenvalue weighted by molar-refractivity contribution is 7.09. The van der Waals surface area contributed by atoms with Crippen molar-refractivity contribution in [2.45, 2.75) is 31.4 Å². The van der Waals surface area contributed by atoms with Crippen molar-refractivity contribution in [2.24, 2.45) is 0 Å². The second-order valence-corrected chi connectivity index (χ2v) is 7.96. The first-order valence-electron chi connectivity index (χ1n) is 8.94. The lowest BCUT2D eigenvalue weighted by molar-refractivity contribution is -0.140. The summed E-state index contributed by atoms with van der Waals surface area (Å²) in [4.78, 5) is 20.9. The summed E-state index contributed by atoms with van der Waals surface area (Å²) in [6.45, 7) is 3.42. The Kier molecular flexibility index (Phi) is 5.02. The number of carbonyl (C=O) groups is 1. The SMILES string of the molecule is O=C1COC2(CCCN(Cc3nccs3)CC2)CN1c1ccc(F)cc1. The minimum atomic E-state index is -0.320. The third-order valence-corrected chi connectivity index (χ3v) is 5.98. The molecule has 7 heteroatoms. The Morgan fingerprint density at radius 3 is 2.85 bits per heavy atom. The molecule has 26 heavy (non-hydrogen) atoms. The van der Waals surface area contributed by atoms with E-state index < -0.39 is 0 Å². The van der Waals surface area contributed by atoms with Crippen LogP contribution in [-0.4, -0.2) is 47.6 Å². The molecule has 2 aliphatic heterocycles. The number of amides is 1. The lowest BCUT2D eigenvalue weighted by atomic mass is 9.92. The number of hydrogen-bond donors (Lipinski definition) is 0. The number of anilines is 1. The van der Waals surface area contributed by atoms with Crippen LogP contribution in [0.15, 0.2) is 35.8 Å². The smallest absolute Gasteiger partial charge is 0.253 e. The summed E-state index contributed by atoms with van der Waals surface area (Å²) >= 11 is 1.68. The van der Waals surface area contributed by atoms with Crippen molar-refractivity contribution in [3.8, 4) is 0 Å². The predicted molar refractivity (Wildman–Crippen MR) is 98.7 cm³/mol. The van der Waals surface area contributed by atoms with E-state index in [4.69, 9.17) is 4.74 Å². The Hall–Kier alpha value is -1.83. The highest BCUT2D eigenvalue weighted by Crippen LogP contribution is 2.33. The fourth-order valence-electron chi connectivity index (χ4n) is 3.78. The normalized spacial score (nSPS) is 24.8. The van der Waals surface area contributed by atoms with E-state index in [2.05, 4.69) is 9.88 Å². The summed E-state index contributed by atoms with van der Waals surface area (Å²) in [6.07, 6.45) is 4.67. The Morgan fingerprint density at radius 2 is 2.08 bits per heavy atom. The van der Waals surface area contributed by atoms with Gasteiger partial charge in [-0.05, 0) is 50.1 Å². The number of carbonyl (C=O) groups excluding carboxylic acids is 1. The average Bonchev–Trinajstić information content (AvgIpc) is 3.08. The minimum absolute atomic E-state index is 0.0638. The van der Waals surface area contributed by atoms with Crippen LogP contribution in [0.4, 0.5) is 10.1 Å². The molecule has 0 aliphatic carbocycles. The highest BCUT2D eigenvalue weighted by Gasteiger charge is 2.41. The van der Waals surface area contributed by atoms with Crippen LogP contribution in [-0.2, 0) is 16.1 Å². The maximum Gasteiger partial charge on any atom is 0.253 e. The molecule has 2 saturated heterocycles. The second kappa shape index (κ2) is 7.42. The molecule has 2 fully saturated rings. The van der Waals surface area contributed by atoms with E-state index in [9.17, 15) is 9.18 Å². The molecule has 1 amide bonds. The molecular weight excluding hydrogens is 353 g/mol. The quantitative estimate of drug-likeness (QED) is 0.827. The molecule has 1 spiro atoms. The number of rotatable bonds is 3. The van der Waals surface area contributed by atoms with Gasteiger partial charge in [0.2, 0.25) is 0 Å². The summed E-state index contributed by atoms with van der Waals surface area (Å²) in [6, 6.07) is 6.12. The van der Waals surface area contributed by atoms with Crippen molar-refractivity contribution in [1.29, 1.82) is 0 Å². The maximum absolute atomic E-state index is 13.2. The van der Waals surface area contributed by atoms with E-state index in [1.807, 2.05) is 11.6 Å². The van der Waals surface area contributed by atoms with Gasteiger partial charge in [0, 0.05) is 23.8 Å². The van der Waals surface area contributed by atoms with Crippen molar-refractivity contribution in [3.63, 3.8) is 0 Å². The Balaban J connectivity index is 1.45. The summed E-state index contributed by atoms with van der Waals surface area (Å²) < 4.78 is 19.3. The van der Waals surface area contributed by atoms with Crippen molar-refractivity contribution in [3.05, 3.63) is 46.7 Å². The molecule has 3 heterocycles. The number of benzene rings is 1. The van der Waals surface area contributed by atoms with E-state index in [0.29, 0.717) is 6.54 Å². The van der Waals surface area contributed by atoms with Crippen LogP contribution in [0.2, 0.25) is 0 Å². The average molecular weight is 375 g/mol. The van der Waals surface area contributed by atoms with Crippen LogP contribution >= 0.6 is 11.3 Å². The second-order valence-electron chi connectivity index (χ2n) is 6.98. The molecule has 138 valence electrons. The molecule has 0 saturated carbocycles. The number of halogens is 1. The van der Waals surface area contributed by atoms with Gasteiger partial charge in [-0.2, -0.15) is 0 Å². The van der Waals surface area contributed by atoms with Crippen LogP contribution in [0, 0.1) is 5.82 Å². The standard InChI is InChI=1S/C19H22FN3O2S/c20-15-2-4-16(5-3-15)23-14-19(25-13-18(23)24)6-1-9-22(10-7-19)12-17-21-8-11-26-17/h2-5,8,11H,1,6-7,9-10,12-14H2. The number of aromatic nitrogens is 1. The van der Waals surface area contributed by atoms with Gasteiger partial charge < -0.3 is 9.64 Å². The fraction of sp³-hybridized carbons (Fsp3) is 0.474. The molecule has 1 atom stereocenters. The molecule has 1 unspecified atom stereocenters. The molecule has 0 radical (unpaired) electrons. The first kappa shape index (κ1) is 17.6. The molecule has 2 aliphatic rings. The van der Waals surface area contributed by atoms with Gasteiger partial charge in [0.25, 0.3) is 5.91 Å². The number of likely N-dealkylation sites (tertiary alicyclic amines) is 1. The zero-order valence-electron chi connectivity index (χ0n) is 14.6. The molecule has 5 nitrogen and oxygen atoms in total. The summed E-state index contributed by atoms with van der Waals surface area (Å²) in [5, 5.41) is 3.14. The van der Waals surface area contributed by atoms with Crippen molar-refractivity contribution >= 4 is 22.9 Å². The van der Waals surface area contributed by atoms with Gasteiger partial charge >= 0.3 is 0 Å². The molecule has 0 N–H and O–H groups in total. The van der Waals surface area contributed by atoms with E-state index in [0.717, 1.165) is 49.6 Å². The molecule has 4 rings (SSSR count). The molecule has 2 aromatic rings. The zero-order valence-corrected chi connectivity index (χ0v) is 15.4. The first-order valence-corrected chi connectivity index (χ1v) is 9.82. The molecular formula is C19H22FN3O2S. The number of nitrogens with zero attached hydrogens (tertiary/aromatic N) is 3. The monoisotopic (exact) mass is 375 g/mol. The summed E-state index contributed by atoms with van der Waals surface area (Å²) in [5.74, 6) is -0.359. The number of hydrogen-bond acceptors (Lipinski definition) is 5. The lowest BCUT2D eigenvalue weighted by Crippen LogP contribution is -2.55. The molecule has 1 aromatic heterocycles. The van der Waals surface area contributed by atoms with E-state index in [1.54, 1.807) is 28.4 Å². The summed E-state index contributed by atoms with van der Waals surface area (Å²) in [7, 11) is 0. The number of ether oxygens (including phenoxy) is 1. The van der Waals surface area contributed by atoms with Gasteiger partial charge in [-0.1, -0.05) is 0 Å². The van der Waals surface area contributed by atoms with Crippen molar-refractivity contribution in [2.75, 3.05) is 31.1 Å². The number of thiazole rings is 1. The Bertz CT molecular complexity index is 753. The van der Waals surface area contributed by atoms with Gasteiger partial charge in [0.1, 0.15) is 17.4 Å². The van der Waals surface area contributed by atoms with E-state index >= 15 is 0 Å². The van der Waals surface area contributed by atoms with Gasteiger partial charge in [0.15, 0.2) is 0 Å². The topological polar surface area (TPSA) is 45.7 Å². The van der Waals surface area contributed by atoms with Crippen LogP contribution in [0.25, 0.3) is 0 Å². The van der Waals surface area contributed by atoms with Gasteiger partial charge in [-0.3, -0.25) is 9.69 Å². The lowest BCUT2D eigenvalue weighted by Gasteiger charge is -2.42. The first-order chi connectivity index (χ1) is 12.6. The van der Waals surface area contributed by atoms with Crippen LogP contribution in [0.3, 0.4) is 0 Å². The predicted octanol–water partition coefficient (Wildman–Crippen LogP) is 3.07. The zero-order chi connectivity index (χ0) is 18.0. The van der Waals surface area contributed by atoms with Gasteiger partial charge in [-0.25, -0.2) is 9.37 Å². The van der Waals surface area contributed by atoms with Crippen molar-refractivity contribution < 1.29 is 13.9 Å². The third kappa shape index (κ3) is 3.79. The third-order valence-electron chi connectivity index (χ3n) is 5.22.